The van der Waals surface area contributed by atoms with E-state index in [2.05, 4.69) is 39.0 Å². The predicted octanol–water partition coefficient (Wildman–Crippen LogP) is 3.40. The molecular formula is C26H33N3O3. The number of benzene rings is 2. The van der Waals surface area contributed by atoms with Crippen LogP contribution in [0.25, 0.3) is 0 Å². The van der Waals surface area contributed by atoms with E-state index in [-0.39, 0.29) is 5.78 Å². The molecule has 2 fully saturated rings. The van der Waals surface area contributed by atoms with Gasteiger partial charge >= 0.3 is 0 Å². The van der Waals surface area contributed by atoms with Gasteiger partial charge in [-0.2, -0.15) is 0 Å². The first-order chi connectivity index (χ1) is 15.6. The van der Waals surface area contributed by atoms with Crippen LogP contribution in [-0.4, -0.2) is 72.6 Å². The Hall–Kier alpha value is -2.41. The molecule has 0 aliphatic carbocycles. The minimum Gasteiger partial charge on any atom is -0.454 e. The third kappa shape index (κ3) is 4.98. The molecule has 1 atom stereocenters. The SMILES string of the molecule is CC(=O)c1cccc(CN2CCC[C@@H](N3CCN(Cc4ccc5c(c4)OCO5)CC3)C2)c1. The lowest BCUT2D eigenvalue weighted by Gasteiger charge is -2.43. The standard InChI is InChI=1S/C26H33N3O3/c1-20(30)23-5-2-4-21(14-23)17-28-9-3-6-24(18-28)29-12-10-27(11-13-29)16-22-7-8-25-26(15-22)32-19-31-25/h2,4-5,7-8,14-15,24H,3,6,9-13,16-19H2,1H3/t24-/m1/s1. The number of hydrogen-bond acceptors (Lipinski definition) is 6. The molecule has 2 aromatic carbocycles. The van der Waals surface area contributed by atoms with Crippen LogP contribution in [0.3, 0.4) is 0 Å². The van der Waals surface area contributed by atoms with Crippen molar-refractivity contribution in [2.75, 3.05) is 46.1 Å². The average molecular weight is 436 g/mol. The number of carbonyl (C=O) groups excluding carboxylic acids is 1. The number of piperazine rings is 1. The first-order valence-electron chi connectivity index (χ1n) is 11.8. The number of ether oxygens (including phenoxy) is 2. The number of nitrogens with zero attached hydrogens (tertiary/aromatic N) is 3. The van der Waals surface area contributed by atoms with Gasteiger partial charge in [-0.25, -0.2) is 0 Å². The van der Waals surface area contributed by atoms with Crippen LogP contribution < -0.4 is 9.47 Å². The van der Waals surface area contributed by atoms with Crippen LogP contribution in [0.4, 0.5) is 0 Å². The van der Waals surface area contributed by atoms with Crippen molar-refractivity contribution in [1.29, 1.82) is 0 Å². The number of Topliss-reactive ketones (excluding diaryl/α,β-unsaturated/α-hetero) is 1. The molecule has 0 amide bonds. The van der Waals surface area contributed by atoms with Crippen LogP contribution >= 0.6 is 0 Å². The Morgan fingerprint density at radius 1 is 0.906 bits per heavy atom. The van der Waals surface area contributed by atoms with Gasteiger partial charge in [0, 0.05) is 57.4 Å². The summed E-state index contributed by atoms with van der Waals surface area (Å²) in [5.74, 6) is 1.87. The second-order valence-electron chi connectivity index (χ2n) is 9.29. The fraction of sp³-hybridized carbons (Fsp3) is 0.500. The summed E-state index contributed by atoms with van der Waals surface area (Å²) in [7, 11) is 0. The van der Waals surface area contributed by atoms with Crippen LogP contribution in [-0.2, 0) is 13.1 Å². The number of fused-ring (bicyclic) bond motifs is 1. The lowest BCUT2D eigenvalue weighted by Crippen LogP contribution is -2.54. The maximum atomic E-state index is 11.7. The molecule has 0 spiro atoms. The molecule has 170 valence electrons. The smallest absolute Gasteiger partial charge is 0.231 e. The van der Waals surface area contributed by atoms with E-state index < -0.39 is 0 Å². The Morgan fingerprint density at radius 2 is 1.69 bits per heavy atom. The van der Waals surface area contributed by atoms with E-state index in [9.17, 15) is 4.79 Å². The molecule has 0 bridgehead atoms. The molecule has 2 saturated heterocycles. The normalized spacial score (nSPS) is 22.2. The van der Waals surface area contributed by atoms with Gasteiger partial charge in [0.2, 0.25) is 6.79 Å². The van der Waals surface area contributed by atoms with Crippen molar-refractivity contribution in [3.8, 4) is 11.5 Å². The predicted molar refractivity (Wildman–Crippen MR) is 124 cm³/mol. The largest absolute Gasteiger partial charge is 0.454 e. The van der Waals surface area contributed by atoms with E-state index in [1.54, 1.807) is 6.92 Å². The van der Waals surface area contributed by atoms with E-state index in [0.29, 0.717) is 12.8 Å². The monoisotopic (exact) mass is 435 g/mol. The van der Waals surface area contributed by atoms with Crippen LogP contribution in [0.15, 0.2) is 42.5 Å². The summed E-state index contributed by atoms with van der Waals surface area (Å²) in [6.07, 6.45) is 2.53. The van der Waals surface area contributed by atoms with Crippen molar-refractivity contribution >= 4 is 5.78 Å². The number of rotatable bonds is 6. The molecule has 0 aromatic heterocycles. The molecule has 3 aliphatic heterocycles. The van der Waals surface area contributed by atoms with Gasteiger partial charge in [-0.15, -0.1) is 0 Å². The Balaban J connectivity index is 1.12. The molecular weight excluding hydrogens is 402 g/mol. The minimum atomic E-state index is 0.141. The average Bonchev–Trinajstić information content (AvgIpc) is 3.28. The maximum absolute atomic E-state index is 11.7. The van der Waals surface area contributed by atoms with Gasteiger partial charge in [-0.05, 0) is 55.6 Å². The van der Waals surface area contributed by atoms with Crippen LogP contribution in [0.5, 0.6) is 11.5 Å². The summed E-state index contributed by atoms with van der Waals surface area (Å²) < 4.78 is 11.0. The molecule has 3 aliphatic rings. The second-order valence-corrected chi connectivity index (χ2v) is 9.29. The number of piperidine rings is 1. The highest BCUT2D eigenvalue weighted by atomic mass is 16.7. The van der Waals surface area contributed by atoms with Gasteiger partial charge in [0.15, 0.2) is 17.3 Å². The number of hydrogen-bond donors (Lipinski definition) is 0. The highest BCUT2D eigenvalue weighted by Gasteiger charge is 2.28. The van der Waals surface area contributed by atoms with Crippen LogP contribution in [0.1, 0.15) is 41.3 Å². The van der Waals surface area contributed by atoms with Gasteiger partial charge in [-0.3, -0.25) is 19.5 Å². The molecule has 2 aromatic rings. The third-order valence-corrected chi connectivity index (χ3v) is 6.99. The van der Waals surface area contributed by atoms with E-state index >= 15 is 0 Å². The van der Waals surface area contributed by atoms with Crippen molar-refractivity contribution in [1.82, 2.24) is 14.7 Å². The van der Waals surface area contributed by atoms with Crippen molar-refractivity contribution in [3.63, 3.8) is 0 Å². The number of ketones is 1. The highest BCUT2D eigenvalue weighted by Crippen LogP contribution is 2.33. The lowest BCUT2D eigenvalue weighted by molar-refractivity contribution is 0.0477. The Bertz CT molecular complexity index is 955. The summed E-state index contributed by atoms with van der Waals surface area (Å²) >= 11 is 0. The zero-order chi connectivity index (χ0) is 21.9. The summed E-state index contributed by atoms with van der Waals surface area (Å²) in [4.78, 5) is 19.5. The van der Waals surface area contributed by atoms with Crippen molar-refractivity contribution < 1.29 is 14.3 Å². The summed E-state index contributed by atoms with van der Waals surface area (Å²) in [6, 6.07) is 15.0. The fourth-order valence-electron chi connectivity index (χ4n) is 5.20. The molecule has 0 radical (unpaired) electrons. The van der Waals surface area contributed by atoms with E-state index in [0.717, 1.165) is 69.4 Å². The van der Waals surface area contributed by atoms with Crippen molar-refractivity contribution in [2.24, 2.45) is 0 Å². The van der Waals surface area contributed by atoms with Gasteiger partial charge in [0.25, 0.3) is 0 Å². The van der Waals surface area contributed by atoms with Gasteiger partial charge in [0.1, 0.15) is 0 Å². The first kappa shape index (κ1) is 21.4. The maximum Gasteiger partial charge on any atom is 0.231 e. The molecule has 32 heavy (non-hydrogen) atoms. The molecule has 0 N–H and O–H groups in total. The van der Waals surface area contributed by atoms with Gasteiger partial charge < -0.3 is 9.47 Å². The van der Waals surface area contributed by atoms with E-state index in [4.69, 9.17) is 9.47 Å². The lowest BCUT2D eigenvalue weighted by atomic mass is 10.0. The molecule has 6 heteroatoms. The topological polar surface area (TPSA) is 45.3 Å². The van der Waals surface area contributed by atoms with E-state index in [1.807, 2.05) is 18.2 Å². The number of likely N-dealkylation sites (tertiary alicyclic amines) is 1. The van der Waals surface area contributed by atoms with Crippen LogP contribution in [0, 0.1) is 0 Å². The highest BCUT2D eigenvalue weighted by molar-refractivity contribution is 5.94. The molecule has 0 saturated carbocycles. The van der Waals surface area contributed by atoms with E-state index in [1.165, 1.54) is 24.0 Å². The van der Waals surface area contributed by atoms with Crippen molar-refractivity contribution in [2.45, 2.75) is 38.9 Å². The fourth-order valence-corrected chi connectivity index (χ4v) is 5.20. The number of carbonyl (C=O) groups is 1. The first-order valence-corrected chi connectivity index (χ1v) is 11.8. The summed E-state index contributed by atoms with van der Waals surface area (Å²) in [5, 5.41) is 0. The molecule has 6 nitrogen and oxygen atoms in total. The summed E-state index contributed by atoms with van der Waals surface area (Å²) in [5.41, 5.74) is 3.35. The quantitative estimate of drug-likeness (QED) is 0.648. The van der Waals surface area contributed by atoms with Crippen molar-refractivity contribution in [3.05, 3.63) is 59.2 Å². The van der Waals surface area contributed by atoms with Gasteiger partial charge in [-0.1, -0.05) is 24.3 Å². The van der Waals surface area contributed by atoms with Gasteiger partial charge in [0.05, 0.1) is 0 Å². The zero-order valence-corrected chi connectivity index (χ0v) is 19.0. The molecule has 0 unspecified atom stereocenters. The minimum absolute atomic E-state index is 0.141. The molecule has 3 heterocycles. The second kappa shape index (κ2) is 9.61. The molecule has 5 rings (SSSR count). The zero-order valence-electron chi connectivity index (χ0n) is 19.0. The summed E-state index contributed by atoms with van der Waals surface area (Å²) in [6.45, 7) is 10.6. The third-order valence-electron chi connectivity index (χ3n) is 6.99. The Morgan fingerprint density at radius 3 is 2.53 bits per heavy atom. The Labute approximate surface area is 190 Å². The van der Waals surface area contributed by atoms with Crippen LogP contribution in [0.2, 0.25) is 0 Å². The Kier molecular flexibility index (Phi) is 6.44.